The van der Waals surface area contributed by atoms with E-state index in [1.54, 1.807) is 17.2 Å². The number of rotatable bonds is 5. The number of aryl methyl sites for hydroxylation is 1. The van der Waals surface area contributed by atoms with Gasteiger partial charge in [0.25, 0.3) is 0 Å². The lowest BCUT2D eigenvalue weighted by atomic mass is 10.2. The number of anilines is 2. The van der Waals surface area contributed by atoms with Crippen molar-refractivity contribution in [2.75, 3.05) is 11.9 Å². The molecule has 0 fully saturated rings. The highest BCUT2D eigenvalue weighted by Crippen LogP contribution is 2.26. The van der Waals surface area contributed by atoms with Crippen LogP contribution in [-0.4, -0.2) is 18.1 Å². The minimum absolute atomic E-state index is 0.269. The third-order valence-electron chi connectivity index (χ3n) is 3.36. The summed E-state index contributed by atoms with van der Waals surface area (Å²) < 4.78 is 14.6. The van der Waals surface area contributed by atoms with Gasteiger partial charge in [-0.2, -0.15) is 0 Å². The van der Waals surface area contributed by atoms with Gasteiger partial charge in [-0.3, -0.25) is 0 Å². The number of pyridine rings is 1. The quantitative estimate of drug-likeness (QED) is 0.906. The molecule has 1 aromatic heterocycles. The summed E-state index contributed by atoms with van der Waals surface area (Å²) in [4.78, 5) is 5.97. The molecule has 1 heterocycles. The van der Waals surface area contributed by atoms with Crippen LogP contribution in [0.25, 0.3) is 0 Å². The lowest BCUT2D eigenvalue weighted by Gasteiger charge is -2.20. The van der Waals surface area contributed by atoms with Gasteiger partial charge >= 0.3 is 0 Å². The Morgan fingerprint density at radius 2 is 2.05 bits per heavy atom. The number of hydrogen-bond donors (Lipinski definition) is 1. The van der Waals surface area contributed by atoms with E-state index in [0.717, 1.165) is 11.3 Å². The zero-order valence-corrected chi connectivity index (χ0v) is 13.0. The summed E-state index contributed by atoms with van der Waals surface area (Å²) in [6.45, 7) is 6.60. The fourth-order valence-corrected chi connectivity index (χ4v) is 2.11. The number of benzene rings is 1. The predicted molar refractivity (Wildman–Crippen MR) is 85.4 cm³/mol. The molecule has 2 rings (SSSR count). The molecule has 2 aromatic rings. The van der Waals surface area contributed by atoms with E-state index in [0.29, 0.717) is 24.0 Å². The lowest BCUT2D eigenvalue weighted by Crippen LogP contribution is -2.23. The molecule has 112 valence electrons. The van der Waals surface area contributed by atoms with Gasteiger partial charge < -0.3 is 10.2 Å². The molecule has 1 N–H and O–H groups in total. The molecule has 21 heavy (non-hydrogen) atoms. The van der Waals surface area contributed by atoms with Crippen LogP contribution in [0.15, 0.2) is 36.5 Å². The van der Waals surface area contributed by atoms with Crippen LogP contribution in [-0.2, 0) is 6.54 Å². The topological polar surface area (TPSA) is 28.2 Å². The molecule has 0 aliphatic rings. The Kier molecular flexibility index (Phi) is 4.91. The zero-order chi connectivity index (χ0) is 15.4. The summed E-state index contributed by atoms with van der Waals surface area (Å²) in [5.74, 6) is 0.0818. The van der Waals surface area contributed by atoms with Gasteiger partial charge in [-0.15, -0.1) is 0 Å². The number of hydrogen-bond acceptors (Lipinski definition) is 3. The van der Waals surface area contributed by atoms with Crippen molar-refractivity contribution in [1.29, 1.82) is 0 Å². The van der Waals surface area contributed by atoms with Crippen LogP contribution in [0, 0.1) is 12.7 Å². The standard InChI is InChI=1S/C17H22FN3/c1-12(2)20-11-14-8-9-19-17(16(14)18)21(4)15-7-5-6-13(3)10-15/h5-10,12,20H,11H2,1-4H3. The van der Waals surface area contributed by atoms with Crippen LogP contribution >= 0.6 is 0 Å². The Bertz CT molecular complexity index is 611. The summed E-state index contributed by atoms with van der Waals surface area (Å²) in [6.07, 6.45) is 1.65. The molecule has 3 nitrogen and oxygen atoms in total. The number of halogens is 1. The smallest absolute Gasteiger partial charge is 0.170 e. The van der Waals surface area contributed by atoms with Gasteiger partial charge in [-0.25, -0.2) is 9.37 Å². The number of aromatic nitrogens is 1. The Morgan fingerprint density at radius 3 is 2.71 bits per heavy atom. The first-order valence-corrected chi connectivity index (χ1v) is 7.16. The van der Waals surface area contributed by atoms with Gasteiger partial charge in [0.15, 0.2) is 11.6 Å². The Labute approximate surface area is 125 Å². The van der Waals surface area contributed by atoms with E-state index in [1.807, 2.05) is 52.1 Å². The van der Waals surface area contributed by atoms with Crippen LogP contribution < -0.4 is 10.2 Å². The number of nitrogens with zero attached hydrogens (tertiary/aromatic N) is 2. The molecule has 0 saturated heterocycles. The summed E-state index contributed by atoms with van der Waals surface area (Å²) >= 11 is 0. The number of nitrogens with one attached hydrogen (secondary N) is 1. The van der Waals surface area contributed by atoms with Crippen molar-refractivity contribution in [2.24, 2.45) is 0 Å². The molecular formula is C17H22FN3. The highest BCUT2D eigenvalue weighted by molar-refractivity contribution is 5.60. The monoisotopic (exact) mass is 287 g/mol. The molecule has 0 aliphatic heterocycles. The van der Waals surface area contributed by atoms with E-state index in [9.17, 15) is 4.39 Å². The maximum absolute atomic E-state index is 14.6. The van der Waals surface area contributed by atoms with E-state index >= 15 is 0 Å². The zero-order valence-electron chi connectivity index (χ0n) is 13.0. The second-order valence-corrected chi connectivity index (χ2v) is 5.54. The van der Waals surface area contributed by atoms with Gasteiger partial charge in [0.1, 0.15) is 0 Å². The Balaban J connectivity index is 2.29. The molecule has 1 aromatic carbocycles. The van der Waals surface area contributed by atoms with Gasteiger partial charge in [0, 0.05) is 37.1 Å². The van der Waals surface area contributed by atoms with Crippen molar-refractivity contribution >= 4 is 11.5 Å². The maximum atomic E-state index is 14.6. The second-order valence-electron chi connectivity index (χ2n) is 5.54. The Morgan fingerprint density at radius 1 is 1.29 bits per heavy atom. The van der Waals surface area contributed by atoms with Crippen LogP contribution in [0.5, 0.6) is 0 Å². The average Bonchev–Trinajstić information content (AvgIpc) is 2.45. The molecule has 0 amide bonds. The van der Waals surface area contributed by atoms with E-state index < -0.39 is 0 Å². The third-order valence-corrected chi connectivity index (χ3v) is 3.36. The maximum Gasteiger partial charge on any atom is 0.170 e. The van der Waals surface area contributed by atoms with Gasteiger partial charge in [0.05, 0.1) is 0 Å². The van der Waals surface area contributed by atoms with Crippen LogP contribution in [0.4, 0.5) is 15.9 Å². The van der Waals surface area contributed by atoms with Crippen molar-refractivity contribution in [3.05, 3.63) is 53.5 Å². The largest absolute Gasteiger partial charge is 0.327 e. The average molecular weight is 287 g/mol. The minimum atomic E-state index is -0.269. The highest BCUT2D eigenvalue weighted by Gasteiger charge is 2.14. The van der Waals surface area contributed by atoms with E-state index in [2.05, 4.69) is 10.3 Å². The molecule has 0 atom stereocenters. The van der Waals surface area contributed by atoms with E-state index in [4.69, 9.17) is 0 Å². The SMILES string of the molecule is Cc1cccc(N(C)c2nccc(CNC(C)C)c2F)c1. The second kappa shape index (κ2) is 6.68. The summed E-state index contributed by atoms with van der Waals surface area (Å²) in [6, 6.07) is 9.98. The van der Waals surface area contributed by atoms with Gasteiger partial charge in [-0.1, -0.05) is 26.0 Å². The van der Waals surface area contributed by atoms with Crippen molar-refractivity contribution in [2.45, 2.75) is 33.4 Å². The fraction of sp³-hybridized carbons (Fsp3) is 0.353. The summed E-state index contributed by atoms with van der Waals surface area (Å²) in [5, 5.41) is 3.23. The van der Waals surface area contributed by atoms with Gasteiger partial charge in [-0.05, 0) is 30.7 Å². The van der Waals surface area contributed by atoms with Crippen molar-refractivity contribution < 1.29 is 4.39 Å². The normalized spacial score (nSPS) is 11.0. The lowest BCUT2D eigenvalue weighted by molar-refractivity contribution is 0.550. The molecule has 0 aliphatic carbocycles. The van der Waals surface area contributed by atoms with Crippen LogP contribution in [0.2, 0.25) is 0 Å². The predicted octanol–water partition coefficient (Wildman–Crippen LogP) is 3.80. The van der Waals surface area contributed by atoms with Crippen LogP contribution in [0.1, 0.15) is 25.0 Å². The van der Waals surface area contributed by atoms with E-state index in [1.165, 1.54) is 0 Å². The fourth-order valence-electron chi connectivity index (χ4n) is 2.11. The van der Waals surface area contributed by atoms with Crippen molar-refractivity contribution in [3.8, 4) is 0 Å². The Hall–Kier alpha value is -1.94. The third kappa shape index (κ3) is 3.79. The van der Waals surface area contributed by atoms with E-state index in [-0.39, 0.29) is 5.82 Å². The molecule has 0 radical (unpaired) electrons. The molecule has 0 saturated carbocycles. The van der Waals surface area contributed by atoms with Crippen LogP contribution in [0.3, 0.4) is 0 Å². The summed E-state index contributed by atoms with van der Waals surface area (Å²) in [5.41, 5.74) is 2.70. The molecule has 0 spiro atoms. The first-order valence-electron chi connectivity index (χ1n) is 7.16. The van der Waals surface area contributed by atoms with Crippen molar-refractivity contribution in [1.82, 2.24) is 10.3 Å². The minimum Gasteiger partial charge on any atom is -0.327 e. The highest BCUT2D eigenvalue weighted by atomic mass is 19.1. The molecular weight excluding hydrogens is 265 g/mol. The molecule has 0 bridgehead atoms. The molecule has 0 unspecified atom stereocenters. The first-order chi connectivity index (χ1) is 9.99. The van der Waals surface area contributed by atoms with Crippen molar-refractivity contribution in [3.63, 3.8) is 0 Å². The summed E-state index contributed by atoms with van der Waals surface area (Å²) in [7, 11) is 1.83. The molecule has 4 heteroatoms. The first kappa shape index (κ1) is 15.4. The van der Waals surface area contributed by atoms with Gasteiger partial charge in [0.2, 0.25) is 0 Å².